The van der Waals surface area contributed by atoms with Crippen molar-refractivity contribution in [3.8, 4) is 0 Å². The number of para-hydroxylation sites is 1. The number of thioether (sulfide) groups is 1. The number of carboxylic acids is 1. The van der Waals surface area contributed by atoms with E-state index in [0.29, 0.717) is 31.6 Å². The Morgan fingerprint density at radius 1 is 1.00 bits per heavy atom. The molecular formula is C25H38N6O5S2. The molecule has 0 fully saturated rings. The minimum absolute atomic E-state index is 0.0581. The molecule has 0 spiro atoms. The van der Waals surface area contributed by atoms with E-state index in [2.05, 4.69) is 33.6 Å². The Labute approximate surface area is 232 Å². The number of benzene rings is 1. The van der Waals surface area contributed by atoms with Gasteiger partial charge in [-0.2, -0.15) is 24.4 Å². The van der Waals surface area contributed by atoms with Crippen molar-refractivity contribution in [1.82, 2.24) is 20.9 Å². The van der Waals surface area contributed by atoms with Gasteiger partial charge in [-0.05, 0) is 55.9 Å². The SMILES string of the molecule is CSCCC(NC(=O)C(N)CS)C(=O)NC(CCCCN)C(=O)NC(Cc1c[nH]c2ccccc12)C(=O)O. The molecule has 0 aliphatic heterocycles. The lowest BCUT2D eigenvalue weighted by Crippen LogP contribution is -2.57. The zero-order valence-corrected chi connectivity index (χ0v) is 23.2. The van der Waals surface area contributed by atoms with Gasteiger partial charge in [0.05, 0.1) is 6.04 Å². The third-order valence-electron chi connectivity index (χ3n) is 6.07. The van der Waals surface area contributed by atoms with E-state index in [1.807, 2.05) is 30.5 Å². The molecule has 210 valence electrons. The van der Waals surface area contributed by atoms with Crippen LogP contribution in [0.3, 0.4) is 0 Å². The number of unbranched alkanes of at least 4 members (excludes halogenated alkanes) is 1. The first-order valence-electron chi connectivity index (χ1n) is 12.5. The largest absolute Gasteiger partial charge is 0.480 e. The molecule has 38 heavy (non-hydrogen) atoms. The summed E-state index contributed by atoms with van der Waals surface area (Å²) in [6, 6.07) is 3.47. The Morgan fingerprint density at radius 3 is 2.26 bits per heavy atom. The lowest BCUT2D eigenvalue weighted by Gasteiger charge is -2.25. The van der Waals surface area contributed by atoms with Crippen molar-refractivity contribution in [3.05, 3.63) is 36.0 Å². The molecule has 1 aromatic heterocycles. The van der Waals surface area contributed by atoms with Crippen molar-refractivity contribution in [3.63, 3.8) is 0 Å². The number of carboxylic acid groups (broad SMARTS) is 1. The molecule has 9 N–H and O–H groups in total. The number of hydrogen-bond acceptors (Lipinski definition) is 8. The van der Waals surface area contributed by atoms with Gasteiger partial charge in [0.25, 0.3) is 0 Å². The summed E-state index contributed by atoms with van der Waals surface area (Å²) in [5.74, 6) is -2.18. The van der Waals surface area contributed by atoms with E-state index in [0.717, 1.165) is 16.5 Å². The highest BCUT2D eigenvalue weighted by Crippen LogP contribution is 2.19. The minimum atomic E-state index is -1.21. The van der Waals surface area contributed by atoms with Gasteiger partial charge in [-0.25, -0.2) is 4.79 Å². The Kier molecular flexibility index (Phi) is 13.5. The highest BCUT2D eigenvalue weighted by molar-refractivity contribution is 7.98. The van der Waals surface area contributed by atoms with Crippen LogP contribution in [-0.2, 0) is 25.6 Å². The predicted octanol–water partition coefficient (Wildman–Crippen LogP) is 0.389. The Hall–Kier alpha value is -2.74. The molecule has 1 heterocycles. The zero-order valence-electron chi connectivity index (χ0n) is 21.4. The number of rotatable bonds is 17. The Bertz CT molecular complexity index is 1080. The van der Waals surface area contributed by atoms with Gasteiger partial charge >= 0.3 is 5.97 Å². The lowest BCUT2D eigenvalue weighted by atomic mass is 10.0. The monoisotopic (exact) mass is 566 g/mol. The van der Waals surface area contributed by atoms with Crippen molar-refractivity contribution in [2.24, 2.45) is 11.5 Å². The summed E-state index contributed by atoms with van der Waals surface area (Å²) in [4.78, 5) is 53.9. The Balaban J connectivity index is 2.17. The van der Waals surface area contributed by atoms with Crippen LogP contribution in [0.15, 0.2) is 30.5 Å². The second-order valence-corrected chi connectivity index (χ2v) is 10.3. The maximum Gasteiger partial charge on any atom is 0.326 e. The van der Waals surface area contributed by atoms with Gasteiger partial charge in [-0.15, -0.1) is 0 Å². The number of carbonyl (C=O) groups is 4. The molecule has 0 bridgehead atoms. The summed E-state index contributed by atoms with van der Waals surface area (Å²) in [7, 11) is 0. The standard InChI is InChI=1S/C25H38N6O5S2/c1-38-11-9-20(29-22(32)17(27)14-37)24(34)30-19(8-4-5-10-26)23(33)31-21(25(35)36)12-15-13-28-18-7-3-2-6-16(15)18/h2-3,6-7,13,17,19-21,28,37H,4-5,8-12,14,26-27H2,1H3,(H,29,32)(H,30,34)(H,31,33)(H,35,36). The second-order valence-electron chi connectivity index (χ2n) is 8.94. The van der Waals surface area contributed by atoms with Gasteiger partial charge in [-0.1, -0.05) is 18.2 Å². The highest BCUT2D eigenvalue weighted by atomic mass is 32.2. The van der Waals surface area contributed by atoms with Crippen LogP contribution < -0.4 is 27.4 Å². The number of fused-ring (bicyclic) bond motifs is 1. The van der Waals surface area contributed by atoms with Crippen LogP contribution in [0.4, 0.5) is 0 Å². The average molecular weight is 567 g/mol. The lowest BCUT2D eigenvalue weighted by molar-refractivity contribution is -0.142. The van der Waals surface area contributed by atoms with Crippen LogP contribution in [0.25, 0.3) is 10.9 Å². The summed E-state index contributed by atoms with van der Waals surface area (Å²) < 4.78 is 0. The van der Waals surface area contributed by atoms with Gasteiger partial charge in [0, 0.05) is 29.3 Å². The van der Waals surface area contributed by atoms with Crippen LogP contribution in [0, 0.1) is 0 Å². The van der Waals surface area contributed by atoms with E-state index in [1.165, 1.54) is 11.8 Å². The maximum absolute atomic E-state index is 13.2. The summed E-state index contributed by atoms with van der Waals surface area (Å²) in [5.41, 5.74) is 12.9. The second kappa shape index (κ2) is 16.3. The molecule has 0 saturated heterocycles. The quantitative estimate of drug-likeness (QED) is 0.0995. The molecule has 11 nitrogen and oxygen atoms in total. The highest BCUT2D eigenvalue weighted by Gasteiger charge is 2.30. The fourth-order valence-corrected chi connectivity index (χ4v) is 4.53. The van der Waals surface area contributed by atoms with E-state index in [1.54, 1.807) is 6.20 Å². The van der Waals surface area contributed by atoms with Crippen LogP contribution in [0.5, 0.6) is 0 Å². The molecular weight excluding hydrogens is 528 g/mol. The molecule has 13 heteroatoms. The van der Waals surface area contributed by atoms with Crippen LogP contribution in [-0.4, -0.2) is 82.3 Å². The van der Waals surface area contributed by atoms with E-state index >= 15 is 0 Å². The van der Waals surface area contributed by atoms with E-state index in [4.69, 9.17) is 11.5 Å². The van der Waals surface area contributed by atoms with Crippen molar-refractivity contribution >= 4 is 59.0 Å². The topological polar surface area (TPSA) is 192 Å². The number of hydrogen-bond donors (Lipinski definition) is 8. The van der Waals surface area contributed by atoms with Crippen LogP contribution in [0.1, 0.15) is 31.2 Å². The summed E-state index contributed by atoms with van der Waals surface area (Å²) in [5, 5.41) is 18.6. The van der Waals surface area contributed by atoms with Crippen molar-refractivity contribution in [2.45, 2.75) is 56.3 Å². The molecule has 1 aromatic carbocycles. The first kappa shape index (κ1) is 31.5. The minimum Gasteiger partial charge on any atom is -0.480 e. The number of aliphatic carboxylic acids is 1. The average Bonchev–Trinajstić information content (AvgIpc) is 3.31. The molecule has 0 aliphatic rings. The van der Waals surface area contributed by atoms with Crippen LogP contribution >= 0.6 is 24.4 Å². The van der Waals surface area contributed by atoms with E-state index < -0.39 is 47.9 Å². The van der Waals surface area contributed by atoms with Crippen molar-refractivity contribution < 1.29 is 24.3 Å². The molecule has 2 aromatic rings. The zero-order chi connectivity index (χ0) is 28.1. The summed E-state index contributed by atoms with van der Waals surface area (Å²) in [6.45, 7) is 0.411. The Morgan fingerprint density at radius 2 is 1.63 bits per heavy atom. The number of nitrogens with one attached hydrogen (secondary N) is 4. The molecule has 4 unspecified atom stereocenters. The maximum atomic E-state index is 13.2. The third-order valence-corrected chi connectivity index (χ3v) is 7.11. The molecule has 2 rings (SSSR count). The molecule has 0 radical (unpaired) electrons. The van der Waals surface area contributed by atoms with Gasteiger partial charge in [-0.3, -0.25) is 14.4 Å². The van der Waals surface area contributed by atoms with Gasteiger partial charge in [0.1, 0.15) is 18.1 Å². The van der Waals surface area contributed by atoms with Crippen molar-refractivity contribution in [2.75, 3.05) is 24.3 Å². The van der Waals surface area contributed by atoms with Crippen molar-refractivity contribution in [1.29, 1.82) is 0 Å². The van der Waals surface area contributed by atoms with Crippen LogP contribution in [0.2, 0.25) is 0 Å². The number of aromatic amines is 1. The molecule has 0 aliphatic carbocycles. The number of amides is 3. The predicted molar refractivity (Wildman–Crippen MR) is 153 cm³/mol. The fraction of sp³-hybridized carbons (Fsp3) is 0.520. The number of carbonyl (C=O) groups excluding carboxylic acids is 3. The number of thiol groups is 1. The molecule has 0 saturated carbocycles. The van der Waals surface area contributed by atoms with Gasteiger partial charge in [0.15, 0.2) is 0 Å². The fourth-order valence-electron chi connectivity index (χ4n) is 3.89. The smallest absolute Gasteiger partial charge is 0.326 e. The van der Waals surface area contributed by atoms with Gasteiger partial charge < -0.3 is 37.5 Å². The molecule has 4 atom stereocenters. The third kappa shape index (κ3) is 9.53. The van der Waals surface area contributed by atoms with Gasteiger partial charge in [0.2, 0.25) is 17.7 Å². The normalized spacial score (nSPS) is 14.3. The van der Waals surface area contributed by atoms with E-state index in [9.17, 15) is 24.3 Å². The summed E-state index contributed by atoms with van der Waals surface area (Å²) in [6.07, 6.45) is 5.41. The first-order chi connectivity index (χ1) is 18.2. The number of H-pyrrole nitrogens is 1. The van der Waals surface area contributed by atoms with E-state index in [-0.39, 0.29) is 18.6 Å². The summed E-state index contributed by atoms with van der Waals surface area (Å²) >= 11 is 5.53. The number of aromatic nitrogens is 1. The molecule has 3 amide bonds. The number of nitrogens with two attached hydrogens (primary N) is 2. The first-order valence-corrected chi connectivity index (χ1v) is 14.5.